The fourth-order valence-electron chi connectivity index (χ4n) is 6.41. The molecule has 276 valence electrons. The van der Waals surface area contributed by atoms with E-state index in [4.69, 9.17) is 32.1 Å². The van der Waals surface area contributed by atoms with Crippen LogP contribution in [0.25, 0.3) is 21.3 Å². The van der Waals surface area contributed by atoms with E-state index in [1.807, 2.05) is 17.5 Å². The Labute approximate surface area is 309 Å². The minimum absolute atomic E-state index is 0.0122. The smallest absolute Gasteiger partial charge is 0.370 e. The summed E-state index contributed by atoms with van der Waals surface area (Å²) in [5.41, 5.74) is 1.62. The van der Waals surface area contributed by atoms with E-state index in [2.05, 4.69) is 16.0 Å². The summed E-state index contributed by atoms with van der Waals surface area (Å²) in [6.07, 6.45) is 1.68. The number of halogens is 3. The van der Waals surface area contributed by atoms with Crippen molar-refractivity contribution < 1.29 is 42.3 Å². The van der Waals surface area contributed by atoms with Crippen LogP contribution in [0.2, 0.25) is 5.02 Å². The summed E-state index contributed by atoms with van der Waals surface area (Å²) in [5, 5.41) is 12.0. The number of nitrogens with zero attached hydrogens (tertiary/aromatic N) is 2. The number of nitrogens with two attached hydrogens (primary N) is 1. The monoisotopic (exact) mass is 794 g/mol. The molecule has 2 aromatic heterocycles. The van der Waals surface area contributed by atoms with Gasteiger partial charge in [0, 0.05) is 45.2 Å². The van der Waals surface area contributed by atoms with Gasteiger partial charge in [0.05, 0.1) is 16.6 Å². The molecule has 19 heteroatoms. The second-order valence-corrected chi connectivity index (χ2v) is 16.7. The average molecular weight is 795 g/mol. The van der Waals surface area contributed by atoms with Gasteiger partial charge in [0.2, 0.25) is 17.7 Å². The summed E-state index contributed by atoms with van der Waals surface area (Å²) >= 11 is 8.31. The van der Waals surface area contributed by atoms with E-state index in [1.165, 1.54) is 28.4 Å². The van der Waals surface area contributed by atoms with Crippen molar-refractivity contribution >= 4 is 75.6 Å². The first-order valence-electron chi connectivity index (χ1n) is 16.2. The third-order valence-corrected chi connectivity index (χ3v) is 12.4. The zero-order valence-electron chi connectivity index (χ0n) is 27.3. The van der Waals surface area contributed by atoms with Crippen LogP contribution in [-0.4, -0.2) is 74.5 Å². The van der Waals surface area contributed by atoms with Gasteiger partial charge in [0.1, 0.15) is 17.1 Å². The highest BCUT2D eigenvalue weighted by Crippen LogP contribution is 2.59. The predicted molar refractivity (Wildman–Crippen MR) is 192 cm³/mol. The third kappa shape index (κ3) is 8.05. The Morgan fingerprint density at radius 1 is 1.13 bits per heavy atom. The number of fused-ring (bicyclic) bond motifs is 2. The molecule has 0 aliphatic carbocycles. The lowest BCUT2D eigenvalue weighted by Crippen LogP contribution is -2.60. The van der Waals surface area contributed by atoms with Gasteiger partial charge in [0.25, 0.3) is 5.91 Å². The van der Waals surface area contributed by atoms with E-state index in [0.717, 1.165) is 29.0 Å². The third-order valence-electron chi connectivity index (χ3n) is 9.08. The molecule has 7 N–H and O–H groups in total. The molecule has 4 aromatic rings. The minimum atomic E-state index is -5.80. The number of alkyl halides is 2. The van der Waals surface area contributed by atoms with Gasteiger partial charge in [0.15, 0.2) is 0 Å². The number of amides is 4. The van der Waals surface area contributed by atoms with Gasteiger partial charge in [-0.1, -0.05) is 29.8 Å². The number of thiazole rings is 1. The summed E-state index contributed by atoms with van der Waals surface area (Å²) < 4.78 is 40.5. The zero-order valence-corrected chi connectivity index (χ0v) is 30.5. The molecular weight excluding hydrogens is 761 g/mol. The number of rotatable bonds is 11. The number of hydrogen-bond acceptors (Lipinski definition) is 9. The summed E-state index contributed by atoms with van der Waals surface area (Å²) in [7, 11) is -5.80. The average Bonchev–Trinajstić information content (AvgIpc) is 3.85. The van der Waals surface area contributed by atoms with E-state index < -0.39 is 60.6 Å². The van der Waals surface area contributed by atoms with Crippen LogP contribution in [0.3, 0.4) is 0 Å². The number of thiophene rings is 1. The number of benzene rings is 2. The Morgan fingerprint density at radius 3 is 2.60 bits per heavy atom. The number of carbonyl (C=O) groups excluding carboxylic acids is 4. The Morgan fingerprint density at radius 2 is 1.88 bits per heavy atom. The maximum Gasteiger partial charge on any atom is 0.399 e. The predicted octanol–water partition coefficient (Wildman–Crippen LogP) is 4.48. The van der Waals surface area contributed by atoms with E-state index in [1.54, 1.807) is 12.1 Å². The van der Waals surface area contributed by atoms with E-state index in [9.17, 15) is 32.5 Å². The molecule has 4 heterocycles. The molecule has 0 saturated carbocycles. The second kappa shape index (κ2) is 15.3. The molecule has 2 aliphatic rings. The van der Waals surface area contributed by atoms with Crippen molar-refractivity contribution in [3.05, 3.63) is 74.4 Å². The lowest BCUT2D eigenvalue weighted by atomic mass is 10.1. The van der Waals surface area contributed by atoms with Gasteiger partial charge in [-0.05, 0) is 67.9 Å². The molecule has 0 radical (unpaired) electrons. The topological polar surface area (TPSA) is 204 Å². The van der Waals surface area contributed by atoms with Crippen LogP contribution in [-0.2, 0) is 24.6 Å². The van der Waals surface area contributed by atoms with Crippen molar-refractivity contribution in [2.75, 3.05) is 13.1 Å². The van der Waals surface area contributed by atoms with Gasteiger partial charge in [-0.15, -0.1) is 22.7 Å². The van der Waals surface area contributed by atoms with Gasteiger partial charge >= 0.3 is 13.3 Å². The van der Waals surface area contributed by atoms with Crippen molar-refractivity contribution in [3.8, 4) is 11.3 Å². The molecule has 4 amide bonds. The molecular formula is C33H34ClF2N6O7PS2. The summed E-state index contributed by atoms with van der Waals surface area (Å²) in [6.45, 7) is 0.585. The first kappa shape index (κ1) is 37.9. The Balaban J connectivity index is 1.19. The lowest BCUT2D eigenvalue weighted by Gasteiger charge is -2.35. The second-order valence-electron chi connectivity index (χ2n) is 12.6. The molecule has 6 rings (SSSR count). The van der Waals surface area contributed by atoms with Crippen LogP contribution >= 0.6 is 41.9 Å². The van der Waals surface area contributed by atoms with E-state index in [-0.39, 0.29) is 35.7 Å². The number of nitrogens with one attached hydrogen (secondary N) is 3. The summed E-state index contributed by atoms with van der Waals surface area (Å²) in [6, 6.07) is 8.62. The quantitative estimate of drug-likeness (QED) is 0.118. The molecule has 2 aromatic carbocycles. The van der Waals surface area contributed by atoms with Gasteiger partial charge < -0.3 is 36.4 Å². The maximum atomic E-state index is 14.3. The van der Waals surface area contributed by atoms with Crippen LogP contribution in [0, 0.1) is 0 Å². The summed E-state index contributed by atoms with van der Waals surface area (Å²) in [5.74, 6) is -2.10. The fraction of sp³-hybridized carbons (Fsp3) is 0.364. The number of carbonyl (C=O) groups is 4. The van der Waals surface area contributed by atoms with Crippen LogP contribution in [0.1, 0.15) is 58.4 Å². The van der Waals surface area contributed by atoms with Crippen molar-refractivity contribution in [2.24, 2.45) is 5.73 Å². The fourth-order valence-corrected chi connectivity index (χ4v) is 8.87. The molecule has 2 saturated heterocycles. The minimum Gasteiger partial charge on any atom is -0.370 e. The highest BCUT2D eigenvalue weighted by Gasteiger charge is 2.50. The van der Waals surface area contributed by atoms with Crippen molar-refractivity contribution in [3.63, 3.8) is 0 Å². The number of primary amides is 1. The van der Waals surface area contributed by atoms with Crippen molar-refractivity contribution in [2.45, 2.75) is 61.9 Å². The molecule has 4 atom stereocenters. The first-order valence-corrected chi connectivity index (χ1v) is 19.9. The Hall–Kier alpha value is -3.83. The molecule has 2 fully saturated rings. The molecule has 13 nitrogen and oxygen atoms in total. The molecule has 0 bridgehead atoms. The van der Waals surface area contributed by atoms with Gasteiger partial charge in [-0.2, -0.15) is 8.78 Å². The molecule has 52 heavy (non-hydrogen) atoms. The molecule has 1 unspecified atom stereocenters. The first-order chi connectivity index (χ1) is 24.6. The van der Waals surface area contributed by atoms with Crippen LogP contribution < -0.4 is 21.7 Å². The van der Waals surface area contributed by atoms with Gasteiger partial charge in [-0.25, -0.2) is 4.98 Å². The van der Waals surface area contributed by atoms with E-state index in [0.29, 0.717) is 46.2 Å². The highest BCUT2D eigenvalue weighted by molar-refractivity contribution is 7.52. The lowest BCUT2D eigenvalue weighted by molar-refractivity contribution is -0.142. The summed E-state index contributed by atoms with van der Waals surface area (Å²) in [4.78, 5) is 77.8. The Bertz CT molecular complexity index is 2060. The van der Waals surface area contributed by atoms with Crippen molar-refractivity contribution in [1.29, 1.82) is 0 Å². The SMILES string of the molecule is NC(=O)CCC(NC(=O)[C@@H]1CC[C@@H]2CCNC[C@H](NC(=O)c3cc4cc(C(F)(F)P(=O)(O)O)ccc4s3)C(=O)N21)c1nc(-c2ccc(Cl)cc2)cs1. The van der Waals surface area contributed by atoms with E-state index >= 15 is 0 Å². The number of aromatic nitrogens is 1. The largest absolute Gasteiger partial charge is 0.399 e. The number of hydrogen-bond donors (Lipinski definition) is 6. The maximum absolute atomic E-state index is 14.3. The normalized spacial score (nSPS) is 20.2. The van der Waals surface area contributed by atoms with Crippen LogP contribution in [0.15, 0.2) is 53.9 Å². The van der Waals surface area contributed by atoms with Crippen molar-refractivity contribution in [1.82, 2.24) is 25.8 Å². The van der Waals surface area contributed by atoms with Crippen LogP contribution in [0.5, 0.6) is 0 Å². The van der Waals surface area contributed by atoms with Gasteiger partial charge in [-0.3, -0.25) is 23.7 Å². The standard InChI is InChI=1S/C33H34ClF2N6O7PS2/c34-20-4-1-17(2-5-20)24-16-51-31(41-24)22(7-10-28(37)43)39-29(44)25-8-6-21-11-12-38-15-23(32(46)42(21)25)40-30(45)27-14-18-13-19(3-9-26(18)52-27)33(35,36)50(47,48)49/h1-5,9,13-14,16,21-23,25,38H,6-8,10-12,15H2,(H2,37,43)(H,39,44)(H,40,45)(H2,47,48,49)/t21-,22?,23+,25+/m1/s1. The van der Waals surface area contributed by atoms with Crippen LogP contribution in [0.4, 0.5) is 8.78 Å². The molecule has 2 aliphatic heterocycles. The zero-order chi connectivity index (χ0) is 37.4. The Kier molecular flexibility index (Phi) is 11.1. The molecule has 0 spiro atoms. The highest BCUT2D eigenvalue weighted by atomic mass is 35.5.